The lowest BCUT2D eigenvalue weighted by atomic mass is 9.69. The number of nitrogens with one attached hydrogen (secondary N) is 4. The van der Waals surface area contributed by atoms with Gasteiger partial charge in [-0.05, 0) is 105 Å². The van der Waals surface area contributed by atoms with E-state index in [1.54, 1.807) is 29.3 Å². The molecule has 346 valence electrons. The van der Waals surface area contributed by atoms with Gasteiger partial charge in [-0.1, -0.05) is 48.3 Å². The van der Waals surface area contributed by atoms with Crippen molar-refractivity contribution in [2.75, 3.05) is 62.0 Å². The zero-order chi connectivity index (χ0) is 46.1. The summed E-state index contributed by atoms with van der Waals surface area (Å²) >= 11 is 3.53. The number of aromatic nitrogens is 2. The first-order valence-corrected chi connectivity index (χ1v) is 23.2. The number of nitro groups is 1. The summed E-state index contributed by atoms with van der Waals surface area (Å²) in [6.45, 7) is 10.9. The minimum atomic E-state index is -0.496. The second-order valence-electron chi connectivity index (χ2n) is 17.9. The maximum Gasteiger partial charge on any atom is 0.325 e. The van der Waals surface area contributed by atoms with E-state index in [1.165, 1.54) is 6.20 Å². The van der Waals surface area contributed by atoms with Gasteiger partial charge in [0.25, 0.3) is 11.6 Å². The van der Waals surface area contributed by atoms with Crippen LogP contribution in [0.15, 0.2) is 71.5 Å². The Balaban J connectivity index is 0.780. The van der Waals surface area contributed by atoms with E-state index in [2.05, 4.69) is 61.0 Å². The van der Waals surface area contributed by atoms with Gasteiger partial charge in [0.2, 0.25) is 5.91 Å². The van der Waals surface area contributed by atoms with E-state index >= 15 is 0 Å². The third kappa shape index (κ3) is 12.4. The van der Waals surface area contributed by atoms with Crippen LogP contribution in [-0.4, -0.2) is 95.8 Å². The third-order valence-corrected chi connectivity index (χ3v) is 13.5. The van der Waals surface area contributed by atoms with Crippen molar-refractivity contribution in [3.05, 3.63) is 110 Å². The highest BCUT2D eigenvalue weighted by Crippen LogP contribution is 2.52. The fourth-order valence-corrected chi connectivity index (χ4v) is 9.39. The van der Waals surface area contributed by atoms with Crippen molar-refractivity contribution in [2.45, 2.75) is 90.7 Å². The van der Waals surface area contributed by atoms with Crippen molar-refractivity contribution in [1.82, 2.24) is 20.2 Å². The summed E-state index contributed by atoms with van der Waals surface area (Å²) in [6.07, 6.45) is 8.73. The number of anilines is 3. The average molecular weight is 956 g/mol. The number of carbonyl (C=O) groups is 3. The van der Waals surface area contributed by atoms with Crippen molar-refractivity contribution >= 4 is 56.7 Å². The monoisotopic (exact) mass is 954 g/mol. The van der Waals surface area contributed by atoms with Gasteiger partial charge >= 0.3 is 6.03 Å². The van der Waals surface area contributed by atoms with Crippen molar-refractivity contribution in [3.63, 3.8) is 0 Å². The maximum absolute atomic E-state index is 13.3. The summed E-state index contributed by atoms with van der Waals surface area (Å²) in [5, 5.41) is 23.8. The van der Waals surface area contributed by atoms with Crippen LogP contribution in [0.3, 0.4) is 0 Å². The Hall–Kier alpha value is -5.65. The summed E-state index contributed by atoms with van der Waals surface area (Å²) in [5.74, 6) is 1.29. The van der Waals surface area contributed by atoms with Crippen LogP contribution in [0.2, 0.25) is 0 Å². The molecule has 3 aliphatic rings. The quantitative estimate of drug-likeness (QED) is 0.0423. The van der Waals surface area contributed by atoms with E-state index in [0.29, 0.717) is 68.2 Å². The molecule has 0 bridgehead atoms. The molecule has 65 heavy (non-hydrogen) atoms. The lowest BCUT2D eigenvalue weighted by molar-refractivity contribution is -0.384. The number of hydrogen-bond acceptors (Lipinski definition) is 11. The molecule has 4 aromatic rings. The number of unbranched alkanes of at least 4 members (excludes halogenated alkanes) is 1. The number of aryl methyl sites for hydroxylation is 3. The number of morpholine rings is 1. The van der Waals surface area contributed by atoms with Crippen LogP contribution in [-0.2, 0) is 20.7 Å². The number of rotatable bonds is 18. The number of non-ortho nitro benzene ring substituents is 1. The Labute approximate surface area is 388 Å². The SMILES string of the molecule is Cc1cnc(NC(=O)Nc2cc(Br)c(C)cc2OC[C@@H]2CN(C(=O)CCOCCCCc3ccc(C(=O)NCC(C)(C)C4Nc5ccc([N+](=O)[O-])cc5C5CCCC54)cc3)CCO2)cn1. The number of ether oxygens (including phenoxy) is 3. The number of hydrogen-bond donors (Lipinski definition) is 4. The molecule has 1 aromatic heterocycles. The molecular formula is C48H59BrN8O8. The lowest BCUT2D eigenvalue weighted by Crippen LogP contribution is -2.51. The predicted octanol–water partition coefficient (Wildman–Crippen LogP) is 8.58. The van der Waals surface area contributed by atoms with E-state index in [9.17, 15) is 24.5 Å². The molecule has 2 aliphatic heterocycles. The third-order valence-electron chi connectivity index (χ3n) is 12.6. The molecule has 17 heteroatoms. The molecule has 4 atom stereocenters. The van der Waals surface area contributed by atoms with Crippen molar-refractivity contribution in [3.8, 4) is 5.75 Å². The van der Waals surface area contributed by atoms with Gasteiger partial charge in [0.15, 0.2) is 5.82 Å². The molecule has 0 radical (unpaired) electrons. The fraction of sp³-hybridized carbons (Fsp3) is 0.479. The molecule has 3 heterocycles. The van der Waals surface area contributed by atoms with Crippen molar-refractivity contribution in [2.24, 2.45) is 11.3 Å². The Morgan fingerprint density at radius 3 is 2.60 bits per heavy atom. The number of nitro benzene ring substituents is 1. The number of carbonyl (C=O) groups excluding carboxylic acids is 3. The Morgan fingerprint density at radius 2 is 1.83 bits per heavy atom. The van der Waals surface area contributed by atoms with Gasteiger partial charge in [0, 0.05) is 59.0 Å². The molecule has 7 rings (SSSR count). The second-order valence-corrected chi connectivity index (χ2v) is 18.8. The molecule has 2 fully saturated rings. The molecule has 4 N–H and O–H groups in total. The number of halogens is 1. The zero-order valence-corrected chi connectivity index (χ0v) is 39.1. The first-order valence-electron chi connectivity index (χ1n) is 22.4. The van der Waals surface area contributed by atoms with Gasteiger partial charge in [0.05, 0.1) is 54.9 Å². The van der Waals surface area contributed by atoms with Crippen LogP contribution in [0.5, 0.6) is 5.75 Å². The molecule has 3 unspecified atom stereocenters. The van der Waals surface area contributed by atoms with E-state index in [4.69, 9.17) is 14.2 Å². The van der Waals surface area contributed by atoms with Crippen LogP contribution in [0.1, 0.15) is 91.0 Å². The number of nitrogens with zero attached hydrogens (tertiary/aromatic N) is 4. The summed E-state index contributed by atoms with van der Waals surface area (Å²) in [5.41, 5.74) is 5.74. The number of amides is 4. The summed E-state index contributed by atoms with van der Waals surface area (Å²) in [4.78, 5) is 60.3. The van der Waals surface area contributed by atoms with Crippen molar-refractivity contribution in [1.29, 1.82) is 0 Å². The van der Waals surface area contributed by atoms with Crippen LogP contribution < -0.4 is 26.0 Å². The maximum atomic E-state index is 13.3. The molecule has 0 spiro atoms. The standard InChI is InChI=1S/C48H59BrN8O8/c1-30-22-42(41(24-39(30)49)54-47(60)55-43-26-50-31(2)25-51-43)65-28-35-27-56(18-21-64-35)44(58)17-20-63-19-6-5-8-32-11-13-33(14-12-32)46(59)52-29-48(3,4)45-37-10-7-9-36(37)38-23-34(57(61)62)15-16-40(38)53-45/h11-16,22-26,35-37,45,53H,5-10,17-21,27-29H2,1-4H3,(H,52,59)(H2,51,54,55,60)/t35-,36?,37?,45?/m0/s1. The first kappa shape index (κ1) is 47.3. The largest absolute Gasteiger partial charge is 0.489 e. The highest BCUT2D eigenvalue weighted by Gasteiger charge is 2.46. The topological polar surface area (TPSA) is 199 Å². The molecule has 1 aliphatic carbocycles. The predicted molar refractivity (Wildman–Crippen MR) is 252 cm³/mol. The summed E-state index contributed by atoms with van der Waals surface area (Å²) in [6, 6.07) is 16.1. The van der Waals surface area contributed by atoms with Gasteiger partial charge in [-0.2, -0.15) is 0 Å². The van der Waals surface area contributed by atoms with Crippen LogP contribution >= 0.6 is 15.9 Å². The molecule has 4 amide bonds. The highest BCUT2D eigenvalue weighted by molar-refractivity contribution is 9.10. The first-order chi connectivity index (χ1) is 31.2. The van der Waals surface area contributed by atoms with Gasteiger partial charge in [0.1, 0.15) is 18.5 Å². The number of urea groups is 1. The highest BCUT2D eigenvalue weighted by atomic mass is 79.9. The zero-order valence-electron chi connectivity index (χ0n) is 37.5. The Morgan fingerprint density at radius 1 is 1.02 bits per heavy atom. The van der Waals surface area contributed by atoms with Crippen molar-refractivity contribution < 1.29 is 33.5 Å². The Kier molecular flexibility index (Phi) is 15.7. The minimum Gasteiger partial charge on any atom is -0.489 e. The van der Waals surface area contributed by atoms with Gasteiger partial charge in [-0.25, -0.2) is 9.78 Å². The van der Waals surface area contributed by atoms with Crippen LogP contribution in [0.4, 0.5) is 27.7 Å². The molecular weight excluding hydrogens is 896 g/mol. The van der Waals surface area contributed by atoms with Gasteiger partial charge < -0.3 is 35.1 Å². The number of benzene rings is 3. The van der Waals surface area contributed by atoms with E-state index < -0.39 is 6.03 Å². The summed E-state index contributed by atoms with van der Waals surface area (Å²) in [7, 11) is 0. The van der Waals surface area contributed by atoms with E-state index in [1.807, 2.05) is 50.2 Å². The van der Waals surface area contributed by atoms with Crippen LogP contribution in [0.25, 0.3) is 0 Å². The van der Waals surface area contributed by atoms with Gasteiger partial charge in [-0.3, -0.25) is 30.0 Å². The lowest BCUT2D eigenvalue weighted by Gasteiger charge is -2.45. The summed E-state index contributed by atoms with van der Waals surface area (Å²) < 4.78 is 18.7. The minimum absolute atomic E-state index is 0.00217. The molecule has 16 nitrogen and oxygen atoms in total. The van der Waals surface area contributed by atoms with Gasteiger partial charge in [-0.15, -0.1) is 0 Å². The average Bonchev–Trinajstić information content (AvgIpc) is 3.80. The smallest absolute Gasteiger partial charge is 0.325 e. The Bertz CT molecular complexity index is 2330. The molecule has 1 saturated heterocycles. The van der Waals surface area contributed by atoms with E-state index in [-0.39, 0.29) is 58.9 Å². The second kappa shape index (κ2) is 21.6. The molecule has 1 saturated carbocycles. The number of fused-ring (bicyclic) bond motifs is 3. The normalized spacial score (nSPS) is 19.1. The molecule has 3 aromatic carbocycles. The van der Waals surface area contributed by atoms with E-state index in [0.717, 1.165) is 71.1 Å². The fourth-order valence-electron chi connectivity index (χ4n) is 9.05. The van der Waals surface area contributed by atoms with Crippen LogP contribution in [0, 0.1) is 35.3 Å².